The van der Waals surface area contributed by atoms with Crippen molar-refractivity contribution >= 4 is 50.6 Å². The lowest BCUT2D eigenvalue weighted by Crippen LogP contribution is -2.48. The van der Waals surface area contributed by atoms with Gasteiger partial charge in [-0.3, -0.25) is 14.6 Å². The summed E-state index contributed by atoms with van der Waals surface area (Å²) < 4.78 is 1.26. The molecular formula is C27H25N3OS2. The monoisotopic (exact) mass is 471 g/mol. The van der Waals surface area contributed by atoms with Gasteiger partial charge in [0, 0.05) is 15.7 Å². The summed E-state index contributed by atoms with van der Waals surface area (Å²) in [4.78, 5) is 25.3. The minimum Gasteiger partial charge on any atom is -0.292 e. The molecule has 1 aromatic heterocycles. The van der Waals surface area contributed by atoms with Gasteiger partial charge in [0.2, 0.25) is 5.91 Å². The zero-order valence-corrected chi connectivity index (χ0v) is 20.1. The number of amides is 1. The van der Waals surface area contributed by atoms with Crippen molar-refractivity contribution in [3.63, 3.8) is 0 Å². The van der Waals surface area contributed by atoms with Crippen LogP contribution in [0.2, 0.25) is 0 Å². The van der Waals surface area contributed by atoms with Gasteiger partial charge >= 0.3 is 0 Å². The van der Waals surface area contributed by atoms with Gasteiger partial charge in [-0.25, -0.2) is 4.98 Å². The van der Waals surface area contributed by atoms with Gasteiger partial charge in [0.05, 0.1) is 32.6 Å². The highest BCUT2D eigenvalue weighted by Gasteiger charge is 2.35. The summed E-state index contributed by atoms with van der Waals surface area (Å²) in [5.41, 5.74) is 3.08. The SMILES string of the molecule is C[C@@H](C(=O)N1c2ccccc2Sc2ccccc21)N1CCC(c2nc3ccccc3s2)CC1. The minimum absolute atomic E-state index is 0.147. The summed E-state index contributed by atoms with van der Waals surface area (Å²) in [6.45, 7) is 3.89. The zero-order chi connectivity index (χ0) is 22.4. The largest absolute Gasteiger partial charge is 0.292 e. The molecule has 2 aliphatic heterocycles. The maximum Gasteiger partial charge on any atom is 0.248 e. The molecule has 1 atom stereocenters. The van der Waals surface area contributed by atoms with Crippen LogP contribution < -0.4 is 4.90 Å². The maximum absolute atomic E-state index is 13.9. The van der Waals surface area contributed by atoms with E-state index in [1.54, 1.807) is 11.8 Å². The molecule has 1 saturated heterocycles. The van der Waals surface area contributed by atoms with Crippen LogP contribution in [0.1, 0.15) is 30.7 Å². The Morgan fingerprint density at radius 3 is 2.18 bits per heavy atom. The van der Waals surface area contributed by atoms with Crippen molar-refractivity contribution in [2.24, 2.45) is 0 Å². The Bertz CT molecular complexity index is 1250. The van der Waals surface area contributed by atoms with Crippen LogP contribution in [0.3, 0.4) is 0 Å². The number of nitrogens with zero attached hydrogens (tertiary/aromatic N) is 3. The fourth-order valence-corrected chi connectivity index (χ4v) is 7.08. The van der Waals surface area contributed by atoms with Gasteiger partial charge < -0.3 is 0 Å². The minimum atomic E-state index is -0.175. The molecule has 0 bridgehead atoms. The molecule has 166 valence electrons. The molecule has 6 rings (SSSR count). The van der Waals surface area contributed by atoms with Gasteiger partial charge in [-0.2, -0.15) is 0 Å². The molecule has 0 spiro atoms. The summed E-state index contributed by atoms with van der Waals surface area (Å²) in [5, 5.41) is 1.24. The first kappa shape index (κ1) is 20.9. The second kappa shape index (κ2) is 8.60. The van der Waals surface area contributed by atoms with E-state index in [1.807, 2.05) is 40.5 Å². The molecule has 3 aromatic carbocycles. The van der Waals surface area contributed by atoms with E-state index < -0.39 is 0 Å². The molecule has 0 N–H and O–H groups in total. The van der Waals surface area contributed by atoms with Gasteiger partial charge in [-0.1, -0.05) is 48.2 Å². The van der Waals surface area contributed by atoms with Crippen LogP contribution in [-0.4, -0.2) is 34.9 Å². The van der Waals surface area contributed by atoms with E-state index in [-0.39, 0.29) is 11.9 Å². The van der Waals surface area contributed by atoms with E-state index in [2.05, 4.69) is 60.4 Å². The third-order valence-electron chi connectivity index (χ3n) is 6.75. The summed E-state index contributed by atoms with van der Waals surface area (Å²) in [6.07, 6.45) is 2.08. The number of piperidine rings is 1. The van der Waals surface area contributed by atoms with Crippen molar-refractivity contribution in [1.29, 1.82) is 0 Å². The molecule has 0 radical (unpaired) electrons. The van der Waals surface area contributed by atoms with Crippen LogP contribution >= 0.6 is 23.1 Å². The summed E-state index contributed by atoms with van der Waals surface area (Å²) in [7, 11) is 0. The third kappa shape index (κ3) is 3.76. The van der Waals surface area contributed by atoms with Crippen molar-refractivity contribution in [3.8, 4) is 0 Å². The molecule has 0 unspecified atom stereocenters. The number of hydrogen-bond acceptors (Lipinski definition) is 5. The first-order valence-electron chi connectivity index (χ1n) is 11.5. The van der Waals surface area contributed by atoms with Gasteiger partial charge in [-0.05, 0) is 69.3 Å². The Kier molecular flexibility index (Phi) is 5.45. The molecule has 2 aliphatic rings. The van der Waals surface area contributed by atoms with E-state index in [0.717, 1.165) is 52.6 Å². The van der Waals surface area contributed by atoms with Crippen molar-refractivity contribution in [2.45, 2.75) is 41.5 Å². The molecule has 4 aromatic rings. The number of thiazole rings is 1. The van der Waals surface area contributed by atoms with Crippen molar-refractivity contribution in [1.82, 2.24) is 9.88 Å². The van der Waals surface area contributed by atoms with Crippen molar-refractivity contribution in [3.05, 3.63) is 77.8 Å². The highest BCUT2D eigenvalue weighted by Crippen LogP contribution is 2.48. The average molecular weight is 472 g/mol. The number of likely N-dealkylation sites (tertiary alicyclic amines) is 1. The van der Waals surface area contributed by atoms with Crippen LogP contribution in [0.4, 0.5) is 11.4 Å². The smallest absolute Gasteiger partial charge is 0.248 e. The zero-order valence-electron chi connectivity index (χ0n) is 18.5. The Morgan fingerprint density at radius 1 is 0.909 bits per heavy atom. The third-order valence-corrected chi connectivity index (χ3v) is 9.08. The standard InChI is InChI=1S/C27H25N3OS2/c1-18(29-16-14-19(15-17-29)26-28-20-8-2-5-11-23(20)33-26)27(31)30-21-9-3-6-12-24(21)32-25-13-7-4-10-22(25)30/h2-13,18-19H,14-17H2,1H3/t18-/m0/s1. The highest BCUT2D eigenvalue weighted by molar-refractivity contribution is 7.99. The summed E-state index contributed by atoms with van der Waals surface area (Å²) in [6, 6.07) is 24.6. The van der Waals surface area contributed by atoms with Crippen molar-refractivity contribution < 1.29 is 4.79 Å². The predicted octanol–water partition coefficient (Wildman–Crippen LogP) is 6.69. The number of fused-ring (bicyclic) bond motifs is 3. The topological polar surface area (TPSA) is 36.4 Å². The van der Waals surface area contributed by atoms with E-state index in [9.17, 15) is 4.79 Å². The van der Waals surface area contributed by atoms with E-state index >= 15 is 0 Å². The van der Waals surface area contributed by atoms with E-state index in [4.69, 9.17) is 4.98 Å². The fraction of sp³-hybridized carbons (Fsp3) is 0.259. The quantitative estimate of drug-likeness (QED) is 0.333. The average Bonchev–Trinajstić information content (AvgIpc) is 3.31. The number of rotatable bonds is 3. The normalized spacial score (nSPS) is 17.5. The van der Waals surface area contributed by atoms with E-state index in [0.29, 0.717) is 5.92 Å². The first-order valence-corrected chi connectivity index (χ1v) is 13.1. The lowest BCUT2D eigenvalue weighted by Gasteiger charge is -2.38. The predicted molar refractivity (Wildman–Crippen MR) is 137 cm³/mol. The Hall–Kier alpha value is -2.67. The Labute approximate surface area is 202 Å². The number of para-hydroxylation sites is 3. The summed E-state index contributed by atoms with van der Waals surface area (Å²) in [5.74, 6) is 0.627. The molecule has 3 heterocycles. The van der Waals surface area contributed by atoms with Crippen LogP contribution in [0.25, 0.3) is 10.2 Å². The number of benzene rings is 3. The van der Waals surface area contributed by atoms with Gasteiger partial charge in [0.25, 0.3) is 0 Å². The van der Waals surface area contributed by atoms with Crippen molar-refractivity contribution in [2.75, 3.05) is 18.0 Å². The number of hydrogen-bond donors (Lipinski definition) is 0. The first-order chi connectivity index (χ1) is 16.2. The van der Waals surface area contributed by atoms with Gasteiger partial charge in [-0.15, -0.1) is 11.3 Å². The Morgan fingerprint density at radius 2 is 1.52 bits per heavy atom. The van der Waals surface area contributed by atoms with Crippen LogP contribution in [0, 0.1) is 0 Å². The molecule has 1 fully saturated rings. The number of carbonyl (C=O) groups is 1. The Balaban J connectivity index is 1.21. The number of aromatic nitrogens is 1. The van der Waals surface area contributed by atoms with Gasteiger partial charge in [0.1, 0.15) is 0 Å². The van der Waals surface area contributed by atoms with Crippen LogP contribution in [0.15, 0.2) is 82.6 Å². The summed E-state index contributed by atoms with van der Waals surface area (Å²) >= 11 is 3.56. The highest BCUT2D eigenvalue weighted by atomic mass is 32.2. The molecule has 6 heteroatoms. The number of anilines is 2. The fourth-order valence-electron chi connectivity index (χ4n) is 4.88. The molecule has 1 amide bonds. The molecule has 4 nitrogen and oxygen atoms in total. The second-order valence-corrected chi connectivity index (χ2v) is 10.9. The molecule has 0 saturated carbocycles. The lowest BCUT2D eigenvalue weighted by molar-refractivity contribution is -0.123. The van der Waals surface area contributed by atoms with Crippen LogP contribution in [-0.2, 0) is 4.79 Å². The maximum atomic E-state index is 13.9. The molecule has 0 aliphatic carbocycles. The van der Waals surface area contributed by atoms with Gasteiger partial charge in [0.15, 0.2) is 0 Å². The molecule has 33 heavy (non-hydrogen) atoms. The van der Waals surface area contributed by atoms with Crippen LogP contribution in [0.5, 0.6) is 0 Å². The second-order valence-electron chi connectivity index (χ2n) is 8.72. The molecular weight excluding hydrogens is 446 g/mol. The van der Waals surface area contributed by atoms with E-state index in [1.165, 1.54) is 9.71 Å². The lowest BCUT2D eigenvalue weighted by atomic mass is 9.96. The number of carbonyl (C=O) groups excluding carboxylic acids is 1.